The molecule has 1 heterocycles. The molecule has 0 unspecified atom stereocenters. The number of rotatable bonds is 4. The monoisotopic (exact) mass is 275 g/mol. The number of hydrogen-bond acceptors (Lipinski definition) is 5. The Balaban J connectivity index is 2.41. The van der Waals surface area contributed by atoms with Gasteiger partial charge in [0.25, 0.3) is 0 Å². The lowest BCUT2D eigenvalue weighted by atomic mass is 9.78. The fourth-order valence-corrected chi connectivity index (χ4v) is 2.44. The zero-order valence-electron chi connectivity index (χ0n) is 11.5. The van der Waals surface area contributed by atoms with Gasteiger partial charge in [0.2, 0.25) is 0 Å². The topological polar surface area (TPSA) is 104 Å². The highest BCUT2D eigenvalue weighted by molar-refractivity contribution is 6.58. The Morgan fingerprint density at radius 3 is 2.70 bits per heavy atom. The summed E-state index contributed by atoms with van der Waals surface area (Å²) in [6.07, 6.45) is 0. The maximum atomic E-state index is 9.41. The molecule has 1 saturated heterocycles. The number of anilines is 1. The molecule has 3 N–H and O–H groups in total. The van der Waals surface area contributed by atoms with Crippen LogP contribution in [0.1, 0.15) is 11.1 Å². The van der Waals surface area contributed by atoms with E-state index in [9.17, 15) is 10.0 Å². The predicted octanol–water partition coefficient (Wildman–Crippen LogP) is -0.105. The molecule has 0 atom stereocenters. The minimum Gasteiger partial charge on any atom is -0.423 e. The third-order valence-corrected chi connectivity index (χ3v) is 3.57. The number of azide groups is 1. The van der Waals surface area contributed by atoms with Gasteiger partial charge < -0.3 is 20.3 Å². The van der Waals surface area contributed by atoms with Crippen LogP contribution in [0.5, 0.6) is 0 Å². The van der Waals surface area contributed by atoms with E-state index in [0.29, 0.717) is 5.46 Å². The molecular formula is C12H18BN5O2. The van der Waals surface area contributed by atoms with Gasteiger partial charge in [0.05, 0.1) is 6.54 Å². The van der Waals surface area contributed by atoms with Crippen LogP contribution in [0.4, 0.5) is 5.69 Å². The van der Waals surface area contributed by atoms with Crippen molar-refractivity contribution in [3.8, 4) is 0 Å². The van der Waals surface area contributed by atoms with Crippen LogP contribution in [0.15, 0.2) is 17.2 Å². The SMILES string of the molecule is Cc1c(CN=[N+]=[N-])cc(B(O)O)cc1N1CCNCC1. The molecule has 0 amide bonds. The molecule has 1 fully saturated rings. The Hall–Kier alpha value is -1.73. The standard InChI is InChI=1S/C12H18BN5O2/c1-9-10(8-16-17-14)6-11(13(19)20)7-12(9)18-4-2-15-3-5-18/h6-7,15,19-20H,2-5,8H2,1H3. The molecule has 1 aliphatic rings. The van der Waals surface area contributed by atoms with Gasteiger partial charge in [0.15, 0.2) is 0 Å². The van der Waals surface area contributed by atoms with Crippen LogP contribution in [-0.2, 0) is 6.54 Å². The zero-order valence-corrected chi connectivity index (χ0v) is 11.5. The van der Waals surface area contributed by atoms with Crippen molar-refractivity contribution in [2.24, 2.45) is 5.11 Å². The number of nitrogens with zero attached hydrogens (tertiary/aromatic N) is 4. The van der Waals surface area contributed by atoms with Gasteiger partial charge in [-0.15, -0.1) is 0 Å². The van der Waals surface area contributed by atoms with Crippen LogP contribution < -0.4 is 15.7 Å². The molecular weight excluding hydrogens is 257 g/mol. The van der Waals surface area contributed by atoms with E-state index in [2.05, 4.69) is 20.2 Å². The van der Waals surface area contributed by atoms with Crippen molar-refractivity contribution in [2.45, 2.75) is 13.5 Å². The minimum atomic E-state index is -1.53. The van der Waals surface area contributed by atoms with Gasteiger partial charge in [-0.2, -0.15) is 0 Å². The lowest BCUT2D eigenvalue weighted by Crippen LogP contribution is -2.44. The Morgan fingerprint density at radius 1 is 1.40 bits per heavy atom. The molecule has 0 radical (unpaired) electrons. The van der Waals surface area contributed by atoms with E-state index in [1.165, 1.54) is 0 Å². The fraction of sp³-hybridized carbons (Fsp3) is 0.500. The maximum Gasteiger partial charge on any atom is 0.488 e. The third-order valence-electron chi connectivity index (χ3n) is 3.57. The van der Waals surface area contributed by atoms with E-state index in [-0.39, 0.29) is 6.54 Å². The summed E-state index contributed by atoms with van der Waals surface area (Å²) in [6.45, 7) is 5.71. The molecule has 0 saturated carbocycles. The summed E-state index contributed by atoms with van der Waals surface area (Å²) in [6, 6.07) is 3.48. The van der Waals surface area contributed by atoms with E-state index in [4.69, 9.17) is 5.53 Å². The molecule has 1 aliphatic heterocycles. The van der Waals surface area contributed by atoms with Gasteiger partial charge in [-0.25, -0.2) is 0 Å². The second-order valence-electron chi connectivity index (χ2n) is 4.82. The highest BCUT2D eigenvalue weighted by Crippen LogP contribution is 2.23. The summed E-state index contributed by atoms with van der Waals surface area (Å²) in [5.41, 5.74) is 11.7. The van der Waals surface area contributed by atoms with Crippen molar-refractivity contribution in [3.05, 3.63) is 33.7 Å². The van der Waals surface area contributed by atoms with Crippen molar-refractivity contribution in [2.75, 3.05) is 31.1 Å². The first kappa shape index (κ1) is 14.7. The van der Waals surface area contributed by atoms with Crippen LogP contribution in [0, 0.1) is 6.92 Å². The van der Waals surface area contributed by atoms with E-state index in [0.717, 1.165) is 43.0 Å². The maximum absolute atomic E-state index is 9.41. The van der Waals surface area contributed by atoms with Gasteiger partial charge in [-0.3, -0.25) is 0 Å². The van der Waals surface area contributed by atoms with Gasteiger partial charge in [0.1, 0.15) is 0 Å². The highest BCUT2D eigenvalue weighted by Gasteiger charge is 2.19. The van der Waals surface area contributed by atoms with Gasteiger partial charge in [-0.1, -0.05) is 11.2 Å². The smallest absolute Gasteiger partial charge is 0.423 e. The zero-order chi connectivity index (χ0) is 14.5. The summed E-state index contributed by atoms with van der Waals surface area (Å²) in [5, 5.41) is 25.7. The number of nitrogens with one attached hydrogen (secondary N) is 1. The first-order valence-corrected chi connectivity index (χ1v) is 6.59. The second kappa shape index (κ2) is 6.63. The van der Waals surface area contributed by atoms with Gasteiger partial charge in [0, 0.05) is 36.8 Å². The summed E-state index contributed by atoms with van der Waals surface area (Å²) in [5.74, 6) is 0. The quantitative estimate of drug-likeness (QED) is 0.309. The van der Waals surface area contributed by atoms with Crippen LogP contribution in [-0.4, -0.2) is 43.3 Å². The van der Waals surface area contributed by atoms with Crippen molar-refractivity contribution in [1.29, 1.82) is 0 Å². The van der Waals surface area contributed by atoms with Crippen LogP contribution in [0.25, 0.3) is 10.4 Å². The fourth-order valence-electron chi connectivity index (χ4n) is 2.44. The molecule has 0 aliphatic carbocycles. The van der Waals surface area contributed by atoms with E-state index < -0.39 is 7.12 Å². The molecule has 0 spiro atoms. The Labute approximate surface area is 118 Å². The molecule has 8 heteroatoms. The lowest BCUT2D eigenvalue weighted by molar-refractivity contribution is 0.425. The normalized spacial score (nSPS) is 14.8. The molecule has 20 heavy (non-hydrogen) atoms. The van der Waals surface area contributed by atoms with Gasteiger partial charge >= 0.3 is 7.12 Å². The Kier molecular flexibility index (Phi) is 4.86. The summed E-state index contributed by atoms with van der Waals surface area (Å²) >= 11 is 0. The van der Waals surface area contributed by atoms with Crippen LogP contribution in [0.2, 0.25) is 0 Å². The highest BCUT2D eigenvalue weighted by atomic mass is 16.4. The van der Waals surface area contributed by atoms with E-state index in [1.54, 1.807) is 12.1 Å². The van der Waals surface area contributed by atoms with Crippen LogP contribution >= 0.6 is 0 Å². The molecule has 0 aromatic heterocycles. The molecule has 7 nitrogen and oxygen atoms in total. The average molecular weight is 275 g/mol. The largest absolute Gasteiger partial charge is 0.488 e. The number of piperazine rings is 1. The van der Waals surface area contributed by atoms with Crippen LogP contribution in [0.3, 0.4) is 0 Å². The first-order chi connectivity index (χ1) is 9.63. The molecule has 1 aromatic rings. The van der Waals surface area contributed by atoms with Crippen molar-refractivity contribution < 1.29 is 10.0 Å². The molecule has 2 rings (SSSR count). The third kappa shape index (κ3) is 3.23. The Morgan fingerprint density at radius 2 is 2.10 bits per heavy atom. The summed E-state index contributed by atoms with van der Waals surface area (Å²) in [7, 11) is -1.53. The predicted molar refractivity (Wildman–Crippen MR) is 78.9 cm³/mol. The van der Waals surface area contributed by atoms with Crippen molar-refractivity contribution in [1.82, 2.24) is 5.32 Å². The summed E-state index contributed by atoms with van der Waals surface area (Å²) in [4.78, 5) is 4.97. The Bertz CT molecular complexity index is 525. The van der Waals surface area contributed by atoms with E-state index in [1.807, 2.05) is 6.92 Å². The summed E-state index contributed by atoms with van der Waals surface area (Å²) < 4.78 is 0. The number of hydrogen-bond donors (Lipinski definition) is 3. The first-order valence-electron chi connectivity index (χ1n) is 6.59. The second-order valence-corrected chi connectivity index (χ2v) is 4.82. The minimum absolute atomic E-state index is 0.210. The molecule has 106 valence electrons. The van der Waals surface area contributed by atoms with Crippen molar-refractivity contribution in [3.63, 3.8) is 0 Å². The average Bonchev–Trinajstić information content (AvgIpc) is 2.47. The molecule has 1 aromatic carbocycles. The van der Waals surface area contributed by atoms with Crippen molar-refractivity contribution >= 4 is 18.3 Å². The number of benzene rings is 1. The van der Waals surface area contributed by atoms with Gasteiger partial charge in [-0.05, 0) is 35.1 Å². The van der Waals surface area contributed by atoms with E-state index >= 15 is 0 Å². The molecule has 0 bridgehead atoms. The lowest BCUT2D eigenvalue weighted by Gasteiger charge is -2.32.